The summed E-state index contributed by atoms with van der Waals surface area (Å²) in [4.78, 5) is 18.4. The molecule has 29 heavy (non-hydrogen) atoms. The van der Waals surface area contributed by atoms with Crippen LogP contribution in [0.3, 0.4) is 0 Å². The van der Waals surface area contributed by atoms with Gasteiger partial charge in [-0.15, -0.1) is 0 Å². The highest BCUT2D eigenvalue weighted by atomic mass is 35.5. The molecule has 1 saturated heterocycles. The van der Waals surface area contributed by atoms with Gasteiger partial charge in [-0.1, -0.05) is 64.7 Å². The van der Waals surface area contributed by atoms with Crippen molar-refractivity contribution in [1.29, 1.82) is 0 Å². The van der Waals surface area contributed by atoms with E-state index in [1.807, 2.05) is 25.7 Å². The second-order valence-corrected chi connectivity index (χ2v) is 14.5. The molecule has 2 rings (SSSR count). The lowest BCUT2D eigenvalue weighted by molar-refractivity contribution is -0.144. The predicted octanol–water partition coefficient (Wildman–Crippen LogP) is 5.30. The van der Waals surface area contributed by atoms with E-state index in [-0.39, 0.29) is 23.5 Å². The number of likely N-dealkylation sites (tertiary alicyclic amines) is 1. The topological polar surface area (TPSA) is 54.5 Å². The smallest absolute Gasteiger partial charge is 0.228 e. The lowest BCUT2D eigenvalue weighted by Crippen LogP contribution is -2.62. The van der Waals surface area contributed by atoms with Gasteiger partial charge in [0, 0.05) is 49.0 Å². The first kappa shape index (κ1) is 24.6. The Hall–Kier alpha value is -0.663. The summed E-state index contributed by atoms with van der Waals surface area (Å²) in [5.74, 6) is 0.193. The summed E-state index contributed by atoms with van der Waals surface area (Å²) in [6.07, 6.45) is 3.02. The normalized spacial score (nSPS) is 16.6. The van der Waals surface area contributed by atoms with Crippen molar-refractivity contribution in [2.24, 2.45) is 5.41 Å². The van der Waals surface area contributed by atoms with Gasteiger partial charge in [-0.25, -0.2) is 0 Å². The Balaban J connectivity index is 2.11. The first-order valence-electron chi connectivity index (χ1n) is 10.6. The predicted molar refractivity (Wildman–Crippen MR) is 123 cm³/mol. The number of carbonyl (C=O) groups is 1. The van der Waals surface area contributed by atoms with Crippen LogP contribution in [0.25, 0.3) is 0 Å². The number of halogens is 2. The SMILES string of the molecule is CC[Si](CC)(CC)OC(CNC1CN(C(=O)C(C)(C)C)C1)c1c(Cl)cncc1Cl. The molecule has 1 aromatic heterocycles. The summed E-state index contributed by atoms with van der Waals surface area (Å²) in [5, 5.41) is 4.64. The van der Waals surface area contributed by atoms with E-state index in [4.69, 9.17) is 27.6 Å². The molecule has 1 N–H and O–H groups in total. The number of hydrogen-bond acceptors (Lipinski definition) is 4. The fourth-order valence-corrected chi connectivity index (χ4v) is 7.17. The Morgan fingerprint density at radius 3 is 2.17 bits per heavy atom. The number of aromatic nitrogens is 1. The third kappa shape index (κ3) is 5.94. The van der Waals surface area contributed by atoms with Crippen LogP contribution in [0.5, 0.6) is 0 Å². The van der Waals surface area contributed by atoms with Crippen molar-refractivity contribution in [1.82, 2.24) is 15.2 Å². The van der Waals surface area contributed by atoms with Crippen molar-refractivity contribution in [3.8, 4) is 0 Å². The molecule has 0 saturated carbocycles. The Kier molecular flexibility index (Phi) is 8.57. The van der Waals surface area contributed by atoms with Crippen LogP contribution in [0, 0.1) is 5.41 Å². The lowest BCUT2D eigenvalue weighted by atomic mass is 9.92. The molecule has 1 aromatic rings. The van der Waals surface area contributed by atoms with Crippen LogP contribution in [0.15, 0.2) is 12.4 Å². The summed E-state index contributed by atoms with van der Waals surface area (Å²) in [7, 11) is -1.87. The third-order valence-electron chi connectivity index (χ3n) is 5.94. The minimum absolute atomic E-state index is 0.193. The van der Waals surface area contributed by atoms with Gasteiger partial charge >= 0.3 is 0 Å². The van der Waals surface area contributed by atoms with Crippen LogP contribution >= 0.6 is 23.2 Å². The van der Waals surface area contributed by atoms with Crippen molar-refractivity contribution >= 4 is 37.4 Å². The fraction of sp³-hybridized carbons (Fsp3) is 0.714. The maximum atomic E-state index is 12.4. The van der Waals surface area contributed by atoms with E-state index in [9.17, 15) is 4.79 Å². The van der Waals surface area contributed by atoms with Crippen molar-refractivity contribution in [2.75, 3.05) is 19.6 Å². The van der Waals surface area contributed by atoms with Crippen LogP contribution in [0.2, 0.25) is 28.2 Å². The van der Waals surface area contributed by atoms with Gasteiger partial charge in [0.2, 0.25) is 5.91 Å². The van der Waals surface area contributed by atoms with Crippen molar-refractivity contribution in [3.63, 3.8) is 0 Å². The minimum atomic E-state index is -1.87. The van der Waals surface area contributed by atoms with E-state index in [2.05, 4.69) is 31.1 Å². The van der Waals surface area contributed by atoms with Gasteiger partial charge in [0.25, 0.3) is 0 Å². The fourth-order valence-electron chi connectivity index (χ4n) is 3.75. The van der Waals surface area contributed by atoms with Crippen LogP contribution in [-0.2, 0) is 9.22 Å². The van der Waals surface area contributed by atoms with E-state index >= 15 is 0 Å². The largest absolute Gasteiger partial charge is 0.409 e. The molecule has 1 fully saturated rings. The molecule has 1 aliphatic heterocycles. The number of rotatable bonds is 9. The van der Waals surface area contributed by atoms with Gasteiger partial charge in [-0.3, -0.25) is 9.78 Å². The van der Waals surface area contributed by atoms with Gasteiger partial charge in [0.15, 0.2) is 8.32 Å². The summed E-state index contributed by atoms with van der Waals surface area (Å²) < 4.78 is 6.78. The second-order valence-electron chi connectivity index (χ2n) is 8.93. The molecule has 1 aliphatic rings. The molecule has 1 atom stereocenters. The molecule has 8 heteroatoms. The van der Waals surface area contributed by atoms with Gasteiger partial charge in [0.1, 0.15) is 0 Å². The molecule has 0 spiro atoms. The minimum Gasteiger partial charge on any atom is -0.409 e. The molecule has 0 aliphatic carbocycles. The van der Waals surface area contributed by atoms with Crippen molar-refractivity contribution in [2.45, 2.75) is 71.8 Å². The van der Waals surface area contributed by atoms with E-state index in [1.54, 1.807) is 12.4 Å². The summed E-state index contributed by atoms with van der Waals surface area (Å²) >= 11 is 12.9. The zero-order valence-corrected chi connectivity index (χ0v) is 21.0. The van der Waals surface area contributed by atoms with Gasteiger partial charge in [-0.2, -0.15) is 0 Å². The first-order valence-corrected chi connectivity index (χ1v) is 13.8. The first-order chi connectivity index (χ1) is 13.6. The number of nitrogens with one attached hydrogen (secondary N) is 1. The van der Waals surface area contributed by atoms with Gasteiger partial charge in [-0.05, 0) is 18.1 Å². The van der Waals surface area contributed by atoms with Crippen LogP contribution < -0.4 is 5.32 Å². The average Bonchev–Trinajstić information content (AvgIpc) is 2.63. The Morgan fingerprint density at radius 2 is 1.72 bits per heavy atom. The summed E-state index contributed by atoms with van der Waals surface area (Å²) in [5.41, 5.74) is 0.466. The molecule has 0 bridgehead atoms. The van der Waals surface area contributed by atoms with E-state index in [0.717, 1.165) is 36.8 Å². The number of carbonyl (C=O) groups excluding carboxylic acids is 1. The number of nitrogens with zero attached hydrogens (tertiary/aromatic N) is 2. The third-order valence-corrected chi connectivity index (χ3v) is 11.2. The van der Waals surface area contributed by atoms with E-state index < -0.39 is 8.32 Å². The van der Waals surface area contributed by atoms with Crippen LogP contribution in [-0.4, -0.2) is 49.8 Å². The molecule has 2 heterocycles. The Labute approximate surface area is 186 Å². The Bertz CT molecular complexity index is 673. The van der Waals surface area contributed by atoms with Crippen molar-refractivity contribution < 1.29 is 9.22 Å². The van der Waals surface area contributed by atoms with E-state index in [0.29, 0.717) is 16.6 Å². The Morgan fingerprint density at radius 1 is 1.21 bits per heavy atom. The molecule has 1 unspecified atom stereocenters. The highest BCUT2D eigenvalue weighted by Crippen LogP contribution is 2.36. The lowest BCUT2D eigenvalue weighted by Gasteiger charge is -2.43. The maximum Gasteiger partial charge on any atom is 0.228 e. The zero-order chi connectivity index (χ0) is 21.8. The maximum absolute atomic E-state index is 12.4. The van der Waals surface area contributed by atoms with Crippen molar-refractivity contribution in [3.05, 3.63) is 28.0 Å². The molecular weight excluding hydrogens is 425 g/mol. The highest BCUT2D eigenvalue weighted by Gasteiger charge is 2.38. The quantitative estimate of drug-likeness (QED) is 0.509. The van der Waals surface area contributed by atoms with Crippen LogP contribution in [0.4, 0.5) is 0 Å². The standard InChI is InChI=1S/C21H35Cl2N3O2Si/c1-7-29(8-2,9-3)28-18(19-16(22)10-24-11-17(19)23)12-25-15-13-26(14-15)20(27)21(4,5)6/h10-11,15,18,25H,7-9,12-14H2,1-6H3. The molecular formula is C21H35Cl2N3O2Si. The summed E-state index contributed by atoms with van der Waals surface area (Å²) in [6, 6.07) is 3.41. The number of amides is 1. The molecule has 5 nitrogen and oxygen atoms in total. The zero-order valence-electron chi connectivity index (χ0n) is 18.5. The molecule has 1 amide bonds. The summed E-state index contributed by atoms with van der Waals surface area (Å²) in [6.45, 7) is 14.6. The van der Waals surface area contributed by atoms with Gasteiger partial charge in [0.05, 0.1) is 16.1 Å². The van der Waals surface area contributed by atoms with Crippen LogP contribution in [0.1, 0.15) is 53.2 Å². The number of pyridine rings is 1. The second kappa shape index (κ2) is 10.1. The number of hydrogen-bond donors (Lipinski definition) is 1. The molecule has 0 radical (unpaired) electrons. The average molecular weight is 461 g/mol. The highest BCUT2D eigenvalue weighted by molar-refractivity contribution is 6.73. The van der Waals surface area contributed by atoms with Gasteiger partial charge < -0.3 is 14.6 Å². The molecule has 0 aromatic carbocycles. The molecule has 164 valence electrons. The van der Waals surface area contributed by atoms with E-state index in [1.165, 1.54) is 0 Å². The monoisotopic (exact) mass is 459 g/mol.